The number of carbonyl (C=O) groups is 1. The Labute approximate surface area is 162 Å². The average Bonchev–Trinajstić information content (AvgIpc) is 3.28. The van der Waals surface area contributed by atoms with Crippen molar-refractivity contribution in [1.29, 1.82) is 0 Å². The minimum absolute atomic E-state index is 0.0134. The van der Waals surface area contributed by atoms with Gasteiger partial charge in [-0.3, -0.25) is 4.79 Å². The monoisotopic (exact) mass is 404 g/mol. The number of rotatable bonds is 8. The molecule has 142 valence electrons. The number of hydrogen-bond acceptors (Lipinski definition) is 6. The SMILES string of the molecule is Cc1sc(-c2ccco2)nc1C(=O)NCCCS(=O)(=O)Cc1ccccc1. The molecule has 3 rings (SSSR count). The largest absolute Gasteiger partial charge is 0.462 e. The Hall–Kier alpha value is -2.45. The normalized spacial score (nSPS) is 11.4. The van der Waals surface area contributed by atoms with E-state index in [4.69, 9.17) is 4.42 Å². The zero-order valence-electron chi connectivity index (χ0n) is 14.8. The van der Waals surface area contributed by atoms with Gasteiger partial charge < -0.3 is 9.73 Å². The van der Waals surface area contributed by atoms with Crippen LogP contribution in [0, 0.1) is 6.92 Å². The van der Waals surface area contributed by atoms with Crippen molar-refractivity contribution in [3.8, 4) is 10.8 Å². The van der Waals surface area contributed by atoms with Crippen LogP contribution in [-0.2, 0) is 15.6 Å². The molecule has 0 spiro atoms. The van der Waals surface area contributed by atoms with E-state index >= 15 is 0 Å². The van der Waals surface area contributed by atoms with E-state index < -0.39 is 9.84 Å². The molecule has 0 atom stereocenters. The summed E-state index contributed by atoms with van der Waals surface area (Å²) in [6, 6.07) is 12.6. The maximum absolute atomic E-state index is 12.3. The number of benzene rings is 1. The number of aromatic nitrogens is 1. The standard InChI is InChI=1S/C19H20N2O4S2/c1-14-17(21-19(26-14)16-9-5-11-25-16)18(22)20-10-6-12-27(23,24)13-15-7-3-2-4-8-15/h2-5,7-9,11H,6,10,12-13H2,1H3,(H,20,22). The van der Waals surface area contributed by atoms with Crippen LogP contribution in [0.25, 0.3) is 10.8 Å². The fourth-order valence-corrected chi connectivity index (χ4v) is 4.90. The highest BCUT2D eigenvalue weighted by atomic mass is 32.2. The molecule has 0 bridgehead atoms. The number of nitrogens with zero attached hydrogens (tertiary/aromatic N) is 1. The average molecular weight is 405 g/mol. The molecule has 27 heavy (non-hydrogen) atoms. The number of amides is 1. The third-order valence-electron chi connectivity index (χ3n) is 3.89. The maximum Gasteiger partial charge on any atom is 0.271 e. The molecule has 0 aliphatic rings. The number of carbonyl (C=O) groups excluding carboxylic acids is 1. The highest BCUT2D eigenvalue weighted by Crippen LogP contribution is 2.27. The second-order valence-electron chi connectivity index (χ2n) is 6.09. The minimum Gasteiger partial charge on any atom is -0.462 e. The van der Waals surface area contributed by atoms with E-state index in [1.54, 1.807) is 30.5 Å². The van der Waals surface area contributed by atoms with E-state index in [1.807, 2.05) is 25.1 Å². The highest BCUT2D eigenvalue weighted by molar-refractivity contribution is 7.90. The van der Waals surface area contributed by atoms with Gasteiger partial charge in [-0.15, -0.1) is 11.3 Å². The van der Waals surface area contributed by atoms with Gasteiger partial charge in [0.25, 0.3) is 5.91 Å². The van der Waals surface area contributed by atoms with E-state index in [-0.39, 0.29) is 24.0 Å². The van der Waals surface area contributed by atoms with Crippen LogP contribution in [0.1, 0.15) is 27.3 Å². The van der Waals surface area contributed by atoms with E-state index in [0.29, 0.717) is 22.9 Å². The van der Waals surface area contributed by atoms with Crippen LogP contribution < -0.4 is 5.32 Å². The van der Waals surface area contributed by atoms with Gasteiger partial charge in [0.2, 0.25) is 0 Å². The summed E-state index contributed by atoms with van der Waals surface area (Å²) in [5.41, 5.74) is 1.11. The Bertz CT molecular complexity index is 994. The third-order valence-corrected chi connectivity index (χ3v) is 6.56. The van der Waals surface area contributed by atoms with E-state index in [2.05, 4.69) is 10.3 Å². The van der Waals surface area contributed by atoms with Gasteiger partial charge in [-0.1, -0.05) is 30.3 Å². The van der Waals surface area contributed by atoms with Crippen molar-refractivity contribution in [1.82, 2.24) is 10.3 Å². The molecule has 1 aromatic carbocycles. The van der Waals surface area contributed by atoms with Crippen LogP contribution in [0.5, 0.6) is 0 Å². The molecular weight excluding hydrogens is 384 g/mol. The molecule has 0 radical (unpaired) electrons. The Morgan fingerprint density at radius 2 is 1.96 bits per heavy atom. The molecule has 0 aliphatic heterocycles. The van der Waals surface area contributed by atoms with Gasteiger partial charge in [-0.2, -0.15) is 0 Å². The number of nitrogens with one attached hydrogen (secondary N) is 1. The third kappa shape index (κ3) is 5.27. The Kier molecular flexibility index (Phi) is 6.08. The van der Waals surface area contributed by atoms with E-state index in [9.17, 15) is 13.2 Å². The molecule has 2 heterocycles. The molecule has 1 amide bonds. The van der Waals surface area contributed by atoms with Gasteiger partial charge in [0.15, 0.2) is 20.6 Å². The van der Waals surface area contributed by atoms with Crippen LogP contribution >= 0.6 is 11.3 Å². The maximum atomic E-state index is 12.3. The first-order valence-electron chi connectivity index (χ1n) is 8.48. The zero-order chi connectivity index (χ0) is 19.3. The Morgan fingerprint density at radius 1 is 1.19 bits per heavy atom. The van der Waals surface area contributed by atoms with Crippen molar-refractivity contribution in [2.45, 2.75) is 19.1 Å². The van der Waals surface area contributed by atoms with Gasteiger partial charge in [-0.25, -0.2) is 13.4 Å². The van der Waals surface area contributed by atoms with Gasteiger partial charge in [0, 0.05) is 11.4 Å². The van der Waals surface area contributed by atoms with Crippen LogP contribution in [0.3, 0.4) is 0 Å². The summed E-state index contributed by atoms with van der Waals surface area (Å²) in [7, 11) is -3.21. The second kappa shape index (κ2) is 8.49. The summed E-state index contributed by atoms with van der Waals surface area (Å²) in [6.07, 6.45) is 1.91. The Morgan fingerprint density at radius 3 is 2.67 bits per heavy atom. The molecule has 2 aromatic heterocycles. The molecule has 8 heteroatoms. The lowest BCUT2D eigenvalue weighted by Crippen LogP contribution is -2.27. The van der Waals surface area contributed by atoms with Crippen molar-refractivity contribution >= 4 is 27.1 Å². The molecule has 0 saturated carbocycles. The van der Waals surface area contributed by atoms with Crippen LogP contribution in [0.2, 0.25) is 0 Å². The van der Waals surface area contributed by atoms with Crippen molar-refractivity contribution in [2.24, 2.45) is 0 Å². The Balaban J connectivity index is 1.50. The minimum atomic E-state index is -3.21. The van der Waals surface area contributed by atoms with Crippen molar-refractivity contribution in [3.05, 3.63) is 64.9 Å². The molecule has 0 aliphatic carbocycles. The topological polar surface area (TPSA) is 89.3 Å². The summed E-state index contributed by atoms with van der Waals surface area (Å²) in [5.74, 6) is 0.353. The van der Waals surface area contributed by atoms with Crippen LogP contribution in [0.4, 0.5) is 0 Å². The lowest BCUT2D eigenvalue weighted by molar-refractivity contribution is 0.0949. The first kappa shape index (κ1) is 19.3. The van der Waals surface area contributed by atoms with Gasteiger partial charge >= 0.3 is 0 Å². The summed E-state index contributed by atoms with van der Waals surface area (Å²) in [6.45, 7) is 2.10. The highest BCUT2D eigenvalue weighted by Gasteiger charge is 2.18. The predicted octanol–water partition coefficient (Wildman–Crippen LogP) is 3.45. The van der Waals surface area contributed by atoms with Crippen LogP contribution in [0.15, 0.2) is 53.1 Å². The quantitative estimate of drug-likeness (QED) is 0.581. The molecule has 6 nitrogen and oxygen atoms in total. The number of sulfone groups is 1. The summed E-state index contributed by atoms with van der Waals surface area (Å²) >= 11 is 1.38. The van der Waals surface area contributed by atoms with Crippen molar-refractivity contribution in [3.63, 3.8) is 0 Å². The summed E-state index contributed by atoms with van der Waals surface area (Å²) < 4.78 is 29.6. The lowest BCUT2D eigenvalue weighted by Gasteiger charge is -2.06. The van der Waals surface area contributed by atoms with Crippen molar-refractivity contribution in [2.75, 3.05) is 12.3 Å². The second-order valence-corrected chi connectivity index (χ2v) is 9.48. The summed E-state index contributed by atoms with van der Waals surface area (Å²) in [4.78, 5) is 17.4. The number of thiazole rings is 1. The van der Waals surface area contributed by atoms with Gasteiger partial charge in [0.05, 0.1) is 17.8 Å². The molecule has 1 N–H and O–H groups in total. The molecule has 0 saturated heterocycles. The zero-order valence-corrected chi connectivity index (χ0v) is 16.5. The number of aryl methyl sites for hydroxylation is 1. The molecule has 0 fully saturated rings. The predicted molar refractivity (Wildman–Crippen MR) is 105 cm³/mol. The van der Waals surface area contributed by atoms with E-state index in [0.717, 1.165) is 10.4 Å². The number of furan rings is 1. The molecule has 0 unspecified atom stereocenters. The fourth-order valence-electron chi connectivity index (χ4n) is 2.59. The van der Waals surface area contributed by atoms with Gasteiger partial charge in [0.1, 0.15) is 5.69 Å². The van der Waals surface area contributed by atoms with Gasteiger partial charge in [-0.05, 0) is 31.0 Å². The molecular formula is C19H20N2O4S2. The lowest BCUT2D eigenvalue weighted by atomic mass is 10.2. The first-order chi connectivity index (χ1) is 12.9. The first-order valence-corrected chi connectivity index (χ1v) is 11.1. The van der Waals surface area contributed by atoms with E-state index in [1.165, 1.54) is 11.3 Å². The summed E-state index contributed by atoms with van der Waals surface area (Å²) in [5, 5.41) is 3.39. The fraction of sp³-hybridized carbons (Fsp3) is 0.263. The smallest absolute Gasteiger partial charge is 0.271 e. The van der Waals surface area contributed by atoms with Crippen LogP contribution in [-0.4, -0.2) is 31.6 Å². The van der Waals surface area contributed by atoms with Crippen molar-refractivity contribution < 1.29 is 17.6 Å². The number of hydrogen-bond donors (Lipinski definition) is 1. The molecule has 3 aromatic rings.